The first-order valence-electron chi connectivity index (χ1n) is 10.1. The lowest BCUT2D eigenvalue weighted by Gasteiger charge is -2.31. The molecule has 2 aliphatic heterocycles. The van der Waals surface area contributed by atoms with Crippen LogP contribution in [-0.4, -0.2) is 27.5 Å². The van der Waals surface area contributed by atoms with Gasteiger partial charge < -0.3 is 4.57 Å². The average molecular weight is 363 g/mol. The number of halogens is 1. The molecule has 0 radical (unpaired) electrons. The summed E-state index contributed by atoms with van der Waals surface area (Å²) in [6.45, 7) is 5.08. The summed E-state index contributed by atoms with van der Waals surface area (Å²) in [6, 6.07) is 10.8. The van der Waals surface area contributed by atoms with Gasteiger partial charge >= 0.3 is 0 Å². The molecule has 1 saturated heterocycles. The quantitative estimate of drug-likeness (QED) is 0.667. The maximum atomic E-state index is 12.8. The number of nitrogens with zero attached hydrogens (tertiary/aromatic N) is 3. The molecule has 0 N–H and O–H groups in total. The predicted octanol–water partition coefficient (Wildman–Crippen LogP) is 4.75. The van der Waals surface area contributed by atoms with Gasteiger partial charge in [-0.2, -0.15) is 0 Å². The van der Waals surface area contributed by atoms with Gasteiger partial charge in [0.15, 0.2) is 0 Å². The largest absolute Gasteiger partial charge is 0.329 e. The van der Waals surface area contributed by atoms with Crippen LogP contribution in [-0.2, 0) is 26.1 Å². The Morgan fingerprint density at radius 1 is 1.15 bits per heavy atom. The molecule has 1 aromatic carbocycles. The first-order valence-corrected chi connectivity index (χ1v) is 10.1. The fraction of sp³-hybridized carbons (Fsp3) is 0.435. The SMILES string of the molecule is Cc1cnc2c(c1)c1c(n2CCc2ccc(CF)cc2)CCN2CCCC12. The Bertz CT molecular complexity index is 973. The molecule has 0 amide bonds. The number of benzene rings is 1. The second kappa shape index (κ2) is 6.75. The van der Waals surface area contributed by atoms with Crippen LogP contribution in [0.15, 0.2) is 36.5 Å². The molecule has 0 spiro atoms. The van der Waals surface area contributed by atoms with Gasteiger partial charge in [-0.3, -0.25) is 4.90 Å². The lowest BCUT2D eigenvalue weighted by atomic mass is 9.96. The van der Waals surface area contributed by atoms with E-state index < -0.39 is 6.67 Å². The van der Waals surface area contributed by atoms with Gasteiger partial charge in [0.2, 0.25) is 0 Å². The van der Waals surface area contributed by atoms with Crippen molar-refractivity contribution in [1.82, 2.24) is 14.5 Å². The van der Waals surface area contributed by atoms with Crippen LogP contribution in [0.2, 0.25) is 0 Å². The maximum absolute atomic E-state index is 12.8. The number of fused-ring (bicyclic) bond motifs is 5. The predicted molar refractivity (Wildman–Crippen MR) is 107 cm³/mol. The monoisotopic (exact) mass is 363 g/mol. The third kappa shape index (κ3) is 2.87. The van der Waals surface area contributed by atoms with Gasteiger partial charge in [-0.15, -0.1) is 0 Å². The molecule has 0 saturated carbocycles. The highest BCUT2D eigenvalue weighted by Gasteiger charge is 2.35. The normalized spacial score (nSPS) is 19.4. The van der Waals surface area contributed by atoms with E-state index in [9.17, 15) is 4.39 Å². The molecular weight excluding hydrogens is 337 g/mol. The Balaban J connectivity index is 1.53. The molecule has 27 heavy (non-hydrogen) atoms. The molecule has 4 heteroatoms. The molecule has 0 bridgehead atoms. The molecule has 4 heterocycles. The molecule has 2 aromatic heterocycles. The van der Waals surface area contributed by atoms with E-state index in [2.05, 4.69) is 34.6 Å². The standard InChI is InChI=1S/C23H26FN3/c1-16-13-19-22-20-3-2-10-26(20)11-9-21(22)27(23(19)25-15-16)12-8-17-4-6-18(14-24)7-5-17/h4-7,13,15,20H,2-3,8-12,14H2,1H3. The third-order valence-corrected chi connectivity index (χ3v) is 6.32. The lowest BCUT2D eigenvalue weighted by Crippen LogP contribution is -2.31. The number of pyridine rings is 1. The fourth-order valence-corrected chi connectivity index (χ4v) is 4.99. The highest BCUT2D eigenvalue weighted by Crippen LogP contribution is 2.42. The maximum Gasteiger partial charge on any atom is 0.140 e. The van der Waals surface area contributed by atoms with Crippen molar-refractivity contribution in [2.45, 2.75) is 51.9 Å². The summed E-state index contributed by atoms with van der Waals surface area (Å²) in [5, 5.41) is 1.36. The van der Waals surface area contributed by atoms with E-state index in [1.165, 1.54) is 47.2 Å². The molecular formula is C23H26FN3. The van der Waals surface area contributed by atoms with Gasteiger partial charge in [0.1, 0.15) is 12.3 Å². The summed E-state index contributed by atoms with van der Waals surface area (Å²) in [7, 11) is 0. The van der Waals surface area contributed by atoms with Crippen molar-refractivity contribution in [3.8, 4) is 0 Å². The van der Waals surface area contributed by atoms with Crippen molar-refractivity contribution in [2.75, 3.05) is 13.1 Å². The minimum Gasteiger partial charge on any atom is -0.329 e. The lowest BCUT2D eigenvalue weighted by molar-refractivity contribution is 0.242. The third-order valence-electron chi connectivity index (χ3n) is 6.32. The van der Waals surface area contributed by atoms with Crippen molar-refractivity contribution < 1.29 is 4.39 Å². The number of hydrogen-bond acceptors (Lipinski definition) is 2. The first kappa shape index (κ1) is 16.9. The van der Waals surface area contributed by atoms with Crippen LogP contribution in [0.25, 0.3) is 11.0 Å². The van der Waals surface area contributed by atoms with Crippen LogP contribution in [0.3, 0.4) is 0 Å². The van der Waals surface area contributed by atoms with Gasteiger partial charge in [-0.05, 0) is 61.1 Å². The summed E-state index contributed by atoms with van der Waals surface area (Å²) in [6.07, 6.45) is 6.63. The van der Waals surface area contributed by atoms with Crippen LogP contribution < -0.4 is 0 Å². The van der Waals surface area contributed by atoms with E-state index in [0.717, 1.165) is 37.1 Å². The van der Waals surface area contributed by atoms with E-state index in [4.69, 9.17) is 4.98 Å². The fourth-order valence-electron chi connectivity index (χ4n) is 4.99. The Hall–Kier alpha value is -2.20. The van der Waals surface area contributed by atoms with Gasteiger partial charge in [-0.1, -0.05) is 24.3 Å². The number of rotatable bonds is 4. The molecule has 140 valence electrons. The summed E-state index contributed by atoms with van der Waals surface area (Å²) in [4.78, 5) is 7.49. The summed E-state index contributed by atoms with van der Waals surface area (Å²) in [5.74, 6) is 0. The molecule has 3 nitrogen and oxygen atoms in total. The molecule has 1 fully saturated rings. The highest BCUT2D eigenvalue weighted by atomic mass is 19.1. The molecule has 1 unspecified atom stereocenters. The van der Waals surface area contributed by atoms with Crippen LogP contribution in [0, 0.1) is 6.92 Å². The minimum absolute atomic E-state index is 0.392. The Labute approximate surface area is 159 Å². The second-order valence-electron chi connectivity index (χ2n) is 8.04. The Morgan fingerprint density at radius 3 is 2.78 bits per heavy atom. The molecule has 0 aliphatic carbocycles. The molecule has 1 atom stereocenters. The van der Waals surface area contributed by atoms with Crippen molar-refractivity contribution >= 4 is 11.0 Å². The van der Waals surface area contributed by atoms with Gasteiger partial charge in [-0.25, -0.2) is 9.37 Å². The molecule has 3 aromatic rings. The van der Waals surface area contributed by atoms with Gasteiger partial charge in [0, 0.05) is 42.8 Å². The molecule has 2 aliphatic rings. The van der Waals surface area contributed by atoms with Crippen LogP contribution in [0.5, 0.6) is 0 Å². The minimum atomic E-state index is -0.392. The van der Waals surface area contributed by atoms with E-state index >= 15 is 0 Å². The van der Waals surface area contributed by atoms with Crippen LogP contribution >= 0.6 is 0 Å². The van der Waals surface area contributed by atoms with E-state index in [1.807, 2.05) is 18.3 Å². The van der Waals surface area contributed by atoms with Crippen LogP contribution in [0.1, 0.15) is 46.8 Å². The van der Waals surface area contributed by atoms with Crippen molar-refractivity contribution in [1.29, 1.82) is 0 Å². The van der Waals surface area contributed by atoms with E-state index in [-0.39, 0.29) is 0 Å². The zero-order valence-electron chi connectivity index (χ0n) is 15.9. The average Bonchev–Trinajstić information content (AvgIpc) is 3.28. The number of alkyl halides is 1. The van der Waals surface area contributed by atoms with Gasteiger partial charge in [0.05, 0.1) is 0 Å². The van der Waals surface area contributed by atoms with Crippen molar-refractivity contribution in [3.05, 3.63) is 64.5 Å². The first-order chi connectivity index (χ1) is 13.2. The number of aryl methyl sites for hydroxylation is 3. The van der Waals surface area contributed by atoms with Crippen molar-refractivity contribution in [2.24, 2.45) is 0 Å². The number of aromatic nitrogens is 2. The Morgan fingerprint density at radius 2 is 1.96 bits per heavy atom. The van der Waals surface area contributed by atoms with Crippen molar-refractivity contribution in [3.63, 3.8) is 0 Å². The topological polar surface area (TPSA) is 21.1 Å². The summed E-state index contributed by atoms with van der Waals surface area (Å²) in [5.41, 5.74) is 7.41. The Kier molecular flexibility index (Phi) is 4.24. The second-order valence-corrected chi connectivity index (χ2v) is 8.04. The zero-order chi connectivity index (χ0) is 18.4. The van der Waals surface area contributed by atoms with E-state index in [0.29, 0.717) is 6.04 Å². The van der Waals surface area contributed by atoms with E-state index in [1.54, 1.807) is 0 Å². The highest BCUT2D eigenvalue weighted by molar-refractivity contribution is 5.84. The zero-order valence-corrected chi connectivity index (χ0v) is 15.9. The van der Waals surface area contributed by atoms with Gasteiger partial charge in [0.25, 0.3) is 0 Å². The molecule has 5 rings (SSSR count). The smallest absolute Gasteiger partial charge is 0.140 e. The number of hydrogen-bond donors (Lipinski definition) is 0. The summed E-state index contributed by atoms with van der Waals surface area (Å²) < 4.78 is 15.2. The summed E-state index contributed by atoms with van der Waals surface area (Å²) >= 11 is 0. The van der Waals surface area contributed by atoms with Crippen LogP contribution in [0.4, 0.5) is 4.39 Å².